The summed E-state index contributed by atoms with van der Waals surface area (Å²) in [7, 11) is 0. The Kier molecular flexibility index (Phi) is 3.17. The van der Waals surface area contributed by atoms with E-state index in [1.807, 2.05) is 36.5 Å². The zero-order valence-electron chi connectivity index (χ0n) is 10.7. The molecule has 20 heavy (non-hydrogen) atoms. The molecule has 0 spiro atoms. The summed E-state index contributed by atoms with van der Waals surface area (Å²) in [6.07, 6.45) is 3.85. The average molecular weight is 323 g/mol. The fourth-order valence-electron chi connectivity index (χ4n) is 2.27. The predicted molar refractivity (Wildman–Crippen MR) is 85.8 cm³/mol. The fraction of sp³-hybridized carbons (Fsp3) is 0. The van der Waals surface area contributed by atoms with Crippen LogP contribution < -0.4 is 0 Å². The Bertz CT molecular complexity index is 853. The Balaban J connectivity index is 2.26. The molecular formula is C17H11BrN2. The maximum atomic E-state index is 9.02. The van der Waals surface area contributed by atoms with Crippen molar-refractivity contribution in [2.75, 3.05) is 0 Å². The average Bonchev–Trinajstić information content (AvgIpc) is 2.84. The number of benzene rings is 2. The Morgan fingerprint density at radius 2 is 2.05 bits per heavy atom. The minimum absolute atomic E-state index is 0.656. The van der Waals surface area contributed by atoms with Crippen LogP contribution in [0.5, 0.6) is 0 Å². The van der Waals surface area contributed by atoms with E-state index < -0.39 is 0 Å². The van der Waals surface area contributed by atoms with Crippen LogP contribution in [0.2, 0.25) is 0 Å². The van der Waals surface area contributed by atoms with Gasteiger partial charge in [0.25, 0.3) is 0 Å². The van der Waals surface area contributed by atoms with Crippen molar-refractivity contribution in [3.63, 3.8) is 0 Å². The Hall–Kier alpha value is -2.31. The molecular weight excluding hydrogens is 312 g/mol. The lowest BCUT2D eigenvalue weighted by Crippen LogP contribution is -1.92. The molecule has 2 nitrogen and oxygen atoms in total. The van der Waals surface area contributed by atoms with E-state index in [9.17, 15) is 0 Å². The number of nitrogens with zero attached hydrogens (tertiary/aromatic N) is 2. The summed E-state index contributed by atoms with van der Waals surface area (Å²) in [5.74, 6) is 0. The highest BCUT2D eigenvalue weighted by Gasteiger charge is 2.08. The van der Waals surface area contributed by atoms with Gasteiger partial charge in [0, 0.05) is 21.7 Å². The first-order chi connectivity index (χ1) is 9.72. The number of hydrogen-bond donors (Lipinski definition) is 0. The van der Waals surface area contributed by atoms with Gasteiger partial charge in [-0.15, -0.1) is 0 Å². The normalized spacial score (nSPS) is 10.4. The maximum Gasteiger partial charge on any atom is 0.0992 e. The third-order valence-corrected chi connectivity index (χ3v) is 3.90. The molecule has 1 aromatic heterocycles. The summed E-state index contributed by atoms with van der Waals surface area (Å²) in [4.78, 5) is 0. The first-order valence-electron chi connectivity index (χ1n) is 6.16. The molecule has 0 N–H and O–H groups in total. The van der Waals surface area contributed by atoms with Gasteiger partial charge < -0.3 is 4.57 Å². The second kappa shape index (κ2) is 4.99. The minimum atomic E-state index is 0.656. The van der Waals surface area contributed by atoms with Crippen molar-refractivity contribution in [1.82, 2.24) is 4.57 Å². The number of rotatable bonds is 2. The molecule has 0 saturated carbocycles. The molecule has 0 bridgehead atoms. The van der Waals surface area contributed by atoms with Gasteiger partial charge in [0.2, 0.25) is 0 Å². The van der Waals surface area contributed by atoms with Crippen LogP contribution in [0.1, 0.15) is 11.1 Å². The van der Waals surface area contributed by atoms with Crippen LogP contribution in [0.3, 0.4) is 0 Å². The van der Waals surface area contributed by atoms with Gasteiger partial charge in [-0.3, -0.25) is 0 Å². The summed E-state index contributed by atoms with van der Waals surface area (Å²) in [6.45, 7) is 3.80. The number of hydrogen-bond acceptors (Lipinski definition) is 1. The molecule has 0 amide bonds. The van der Waals surface area contributed by atoms with Crippen molar-refractivity contribution in [1.29, 1.82) is 5.26 Å². The molecule has 0 aliphatic rings. The number of aromatic nitrogens is 1. The van der Waals surface area contributed by atoms with Gasteiger partial charge in [-0.25, -0.2) is 0 Å². The van der Waals surface area contributed by atoms with E-state index in [1.165, 1.54) is 0 Å². The van der Waals surface area contributed by atoms with Gasteiger partial charge in [0.05, 0.1) is 17.1 Å². The zero-order valence-corrected chi connectivity index (χ0v) is 12.3. The van der Waals surface area contributed by atoms with E-state index in [4.69, 9.17) is 5.26 Å². The first-order valence-corrected chi connectivity index (χ1v) is 6.96. The van der Waals surface area contributed by atoms with Crippen molar-refractivity contribution in [2.24, 2.45) is 0 Å². The van der Waals surface area contributed by atoms with E-state index in [-0.39, 0.29) is 0 Å². The van der Waals surface area contributed by atoms with Crippen molar-refractivity contribution >= 4 is 32.9 Å². The second-order valence-corrected chi connectivity index (χ2v) is 5.34. The molecule has 1 heterocycles. The molecule has 3 rings (SSSR count). The van der Waals surface area contributed by atoms with Gasteiger partial charge in [-0.2, -0.15) is 5.26 Å². The Labute approximate surface area is 125 Å². The molecule has 96 valence electrons. The van der Waals surface area contributed by atoms with Crippen molar-refractivity contribution in [2.45, 2.75) is 0 Å². The number of halogens is 1. The highest BCUT2D eigenvalue weighted by atomic mass is 79.9. The highest BCUT2D eigenvalue weighted by Crippen LogP contribution is 2.30. The van der Waals surface area contributed by atoms with Crippen LogP contribution in [0, 0.1) is 11.3 Å². The zero-order chi connectivity index (χ0) is 14.1. The lowest BCUT2D eigenvalue weighted by molar-refractivity contribution is 1.12. The van der Waals surface area contributed by atoms with Gasteiger partial charge in [-0.05, 0) is 51.8 Å². The summed E-state index contributed by atoms with van der Waals surface area (Å²) in [6, 6.07) is 15.9. The molecule has 0 aliphatic heterocycles. The molecule has 0 saturated heterocycles. The topological polar surface area (TPSA) is 28.7 Å². The number of fused-ring (bicyclic) bond motifs is 1. The lowest BCUT2D eigenvalue weighted by Gasteiger charge is -2.05. The first kappa shape index (κ1) is 12.7. The van der Waals surface area contributed by atoms with Gasteiger partial charge in [0.1, 0.15) is 0 Å². The Morgan fingerprint density at radius 1 is 1.20 bits per heavy atom. The molecule has 0 fully saturated rings. The van der Waals surface area contributed by atoms with Crippen molar-refractivity contribution in [3.8, 4) is 11.8 Å². The van der Waals surface area contributed by atoms with Crippen molar-refractivity contribution in [3.05, 3.63) is 70.8 Å². The second-order valence-electron chi connectivity index (χ2n) is 4.49. The third-order valence-electron chi connectivity index (χ3n) is 3.27. The van der Waals surface area contributed by atoms with Crippen LogP contribution in [0.4, 0.5) is 0 Å². The monoisotopic (exact) mass is 322 g/mol. The third kappa shape index (κ3) is 2.04. The van der Waals surface area contributed by atoms with Gasteiger partial charge >= 0.3 is 0 Å². The SMILES string of the molecule is C=Cc1ccc2c(c1)c(Br)cn2-c1cccc(C#N)c1. The summed E-state index contributed by atoms with van der Waals surface area (Å²) in [5.41, 5.74) is 3.81. The minimum Gasteiger partial charge on any atom is -0.315 e. The summed E-state index contributed by atoms with van der Waals surface area (Å²) >= 11 is 3.59. The van der Waals surface area contributed by atoms with Crippen LogP contribution in [0.25, 0.3) is 22.7 Å². The van der Waals surface area contributed by atoms with E-state index in [1.54, 1.807) is 6.07 Å². The van der Waals surface area contributed by atoms with Crippen LogP contribution in [0.15, 0.2) is 59.7 Å². The summed E-state index contributed by atoms with van der Waals surface area (Å²) in [5, 5.41) is 10.1. The largest absolute Gasteiger partial charge is 0.315 e. The van der Waals surface area contributed by atoms with Crippen LogP contribution >= 0.6 is 15.9 Å². The molecule has 3 heteroatoms. The van der Waals surface area contributed by atoms with E-state index in [2.05, 4.69) is 45.3 Å². The molecule has 0 radical (unpaired) electrons. The van der Waals surface area contributed by atoms with Crippen LogP contribution in [-0.4, -0.2) is 4.57 Å². The smallest absolute Gasteiger partial charge is 0.0992 e. The molecule has 0 atom stereocenters. The van der Waals surface area contributed by atoms with Crippen molar-refractivity contribution < 1.29 is 0 Å². The molecule has 2 aromatic carbocycles. The molecule has 0 aliphatic carbocycles. The van der Waals surface area contributed by atoms with E-state index in [0.29, 0.717) is 5.56 Å². The van der Waals surface area contributed by atoms with E-state index >= 15 is 0 Å². The van der Waals surface area contributed by atoms with E-state index in [0.717, 1.165) is 26.6 Å². The quantitative estimate of drug-likeness (QED) is 0.659. The van der Waals surface area contributed by atoms with Gasteiger partial charge in [-0.1, -0.05) is 24.8 Å². The van der Waals surface area contributed by atoms with Crippen LogP contribution in [-0.2, 0) is 0 Å². The molecule has 3 aromatic rings. The Morgan fingerprint density at radius 3 is 2.80 bits per heavy atom. The fourth-order valence-corrected chi connectivity index (χ4v) is 2.80. The standard InChI is InChI=1S/C17H11BrN2/c1-2-12-6-7-17-15(9-12)16(18)11-20(17)14-5-3-4-13(8-14)10-19/h2-9,11H,1H2. The summed E-state index contributed by atoms with van der Waals surface area (Å²) < 4.78 is 3.10. The predicted octanol–water partition coefficient (Wildman–Crippen LogP) is 4.91. The van der Waals surface area contributed by atoms with Gasteiger partial charge in [0.15, 0.2) is 0 Å². The number of nitriles is 1. The highest BCUT2D eigenvalue weighted by molar-refractivity contribution is 9.10. The molecule has 0 unspecified atom stereocenters. The maximum absolute atomic E-state index is 9.02. The lowest BCUT2D eigenvalue weighted by atomic mass is 10.1.